The Hall–Kier alpha value is -2.47. The zero-order chi connectivity index (χ0) is 15.9. The van der Waals surface area contributed by atoms with E-state index in [1.54, 1.807) is 10.9 Å². The lowest BCUT2D eigenvalue weighted by Crippen LogP contribution is -2.19. The second-order valence-corrected chi connectivity index (χ2v) is 5.04. The summed E-state index contributed by atoms with van der Waals surface area (Å²) in [6.45, 7) is 2.42. The fraction of sp³-hybridized carbons (Fsp3) is 0.400. The molecular formula is C15H20N6O2. The summed E-state index contributed by atoms with van der Waals surface area (Å²) >= 11 is 0. The minimum Gasteiger partial charge on any atom is -0.489 e. The van der Waals surface area contributed by atoms with Crippen LogP contribution in [0, 0.1) is 12.4 Å². The van der Waals surface area contributed by atoms with Crippen molar-refractivity contribution in [2.45, 2.75) is 12.8 Å². The van der Waals surface area contributed by atoms with Crippen LogP contribution in [0.3, 0.4) is 0 Å². The van der Waals surface area contributed by atoms with Crippen molar-refractivity contribution in [3.63, 3.8) is 0 Å². The van der Waals surface area contributed by atoms with Gasteiger partial charge in [0.1, 0.15) is 24.4 Å². The first-order chi connectivity index (χ1) is 11.4. The van der Waals surface area contributed by atoms with Crippen LogP contribution in [-0.4, -0.2) is 35.9 Å². The van der Waals surface area contributed by atoms with Crippen molar-refractivity contribution in [2.24, 2.45) is 5.73 Å². The first kappa shape index (κ1) is 15.4. The van der Waals surface area contributed by atoms with Crippen molar-refractivity contribution in [3.05, 3.63) is 30.9 Å². The van der Waals surface area contributed by atoms with E-state index in [1.165, 1.54) is 0 Å². The quantitative estimate of drug-likeness (QED) is 0.509. The van der Waals surface area contributed by atoms with E-state index in [9.17, 15) is 0 Å². The highest BCUT2D eigenvalue weighted by Gasteiger charge is 2.17. The predicted octanol–water partition coefficient (Wildman–Crippen LogP) is 0.864. The highest BCUT2D eigenvalue weighted by atomic mass is 16.5. The number of nitrogens with one attached hydrogen (secondary N) is 3. The third kappa shape index (κ3) is 3.84. The molecular weight excluding hydrogens is 296 g/mol. The zero-order valence-corrected chi connectivity index (χ0v) is 12.8. The molecule has 122 valence electrons. The summed E-state index contributed by atoms with van der Waals surface area (Å²) in [6, 6.07) is 3.88. The lowest BCUT2D eigenvalue weighted by atomic mass is 10.2. The maximum Gasteiger partial charge on any atom is 0.148 e. The molecule has 2 heterocycles. The second kappa shape index (κ2) is 7.69. The van der Waals surface area contributed by atoms with E-state index in [4.69, 9.17) is 15.2 Å². The molecule has 0 spiro atoms. The lowest BCUT2D eigenvalue weighted by molar-refractivity contribution is 0.0980. The minimum absolute atomic E-state index is 0.472. The predicted molar refractivity (Wildman–Crippen MR) is 86.2 cm³/mol. The SMILES string of the molecule is NCCCCOCCOc1cc(-n2c#cnc2)cc2c1NNN2. The highest BCUT2D eigenvalue weighted by molar-refractivity contribution is 5.80. The van der Waals surface area contributed by atoms with Gasteiger partial charge in [0, 0.05) is 18.9 Å². The average Bonchev–Trinajstić information content (AvgIpc) is 3.24. The molecule has 0 amide bonds. The molecule has 5 N–H and O–H groups in total. The van der Waals surface area contributed by atoms with Gasteiger partial charge in [-0.1, -0.05) is 0 Å². The first-order valence-corrected chi connectivity index (χ1v) is 7.57. The van der Waals surface area contributed by atoms with Gasteiger partial charge in [0.2, 0.25) is 0 Å². The fourth-order valence-electron chi connectivity index (χ4n) is 2.23. The number of hydrogen-bond donors (Lipinski definition) is 4. The Bertz CT molecular complexity index is 617. The van der Waals surface area contributed by atoms with Crippen molar-refractivity contribution >= 4 is 11.4 Å². The first-order valence-electron chi connectivity index (χ1n) is 7.57. The van der Waals surface area contributed by atoms with E-state index >= 15 is 0 Å². The molecule has 0 unspecified atom stereocenters. The van der Waals surface area contributed by atoms with Gasteiger partial charge in [-0.2, -0.15) is 4.98 Å². The molecule has 1 aliphatic heterocycles. The number of nitrogens with zero attached hydrogens (tertiary/aromatic N) is 2. The van der Waals surface area contributed by atoms with Gasteiger partial charge in [-0.3, -0.25) is 9.99 Å². The van der Waals surface area contributed by atoms with Crippen LogP contribution in [0.5, 0.6) is 5.75 Å². The summed E-state index contributed by atoms with van der Waals surface area (Å²) in [5.74, 6) is 0.725. The molecule has 8 nitrogen and oxygen atoms in total. The van der Waals surface area contributed by atoms with E-state index in [0.717, 1.165) is 35.7 Å². The monoisotopic (exact) mass is 316 g/mol. The van der Waals surface area contributed by atoms with Crippen LogP contribution in [0.2, 0.25) is 0 Å². The van der Waals surface area contributed by atoms with Crippen LogP contribution in [0.15, 0.2) is 18.5 Å². The third-order valence-electron chi connectivity index (χ3n) is 3.39. The van der Waals surface area contributed by atoms with Crippen molar-refractivity contribution in [1.29, 1.82) is 0 Å². The summed E-state index contributed by atoms with van der Waals surface area (Å²) in [5, 5.41) is 0. The van der Waals surface area contributed by atoms with Crippen LogP contribution in [0.25, 0.3) is 5.69 Å². The van der Waals surface area contributed by atoms with Gasteiger partial charge in [0.15, 0.2) is 0 Å². The van der Waals surface area contributed by atoms with Gasteiger partial charge in [-0.25, -0.2) is 0 Å². The minimum atomic E-state index is 0.472. The van der Waals surface area contributed by atoms with Gasteiger partial charge in [-0.15, -0.1) is 5.53 Å². The number of ether oxygens (including phenoxy) is 2. The number of hydrazine groups is 2. The lowest BCUT2D eigenvalue weighted by Gasteiger charge is -2.12. The number of aromatic nitrogens is 2. The molecule has 1 aromatic carbocycles. The molecule has 23 heavy (non-hydrogen) atoms. The molecule has 0 saturated carbocycles. The Kier molecular flexibility index (Phi) is 5.16. The summed E-state index contributed by atoms with van der Waals surface area (Å²) in [6.07, 6.45) is 9.15. The molecule has 2 aromatic rings. The molecule has 1 aromatic heterocycles. The number of rotatable bonds is 9. The zero-order valence-electron chi connectivity index (χ0n) is 12.8. The average molecular weight is 316 g/mol. The van der Waals surface area contributed by atoms with E-state index in [2.05, 4.69) is 33.8 Å². The summed E-state index contributed by atoms with van der Waals surface area (Å²) in [4.78, 5) is 3.89. The Labute approximate surface area is 134 Å². The van der Waals surface area contributed by atoms with Crippen LogP contribution in [0.1, 0.15) is 12.8 Å². The van der Waals surface area contributed by atoms with Gasteiger partial charge >= 0.3 is 0 Å². The summed E-state index contributed by atoms with van der Waals surface area (Å²) in [7, 11) is 0. The summed E-state index contributed by atoms with van der Waals surface area (Å²) in [5.41, 5.74) is 17.0. The molecule has 0 bridgehead atoms. The Morgan fingerprint density at radius 3 is 2.96 bits per heavy atom. The molecule has 3 rings (SSSR count). The Balaban J connectivity index is 1.60. The third-order valence-corrected chi connectivity index (χ3v) is 3.39. The van der Waals surface area contributed by atoms with E-state index in [-0.39, 0.29) is 0 Å². The van der Waals surface area contributed by atoms with Gasteiger partial charge < -0.3 is 20.6 Å². The largest absolute Gasteiger partial charge is 0.489 e. The van der Waals surface area contributed by atoms with Crippen LogP contribution < -0.4 is 26.9 Å². The number of hydrogen-bond acceptors (Lipinski definition) is 7. The number of nitrogens with two attached hydrogens (primary N) is 1. The van der Waals surface area contributed by atoms with E-state index in [1.807, 2.05) is 12.1 Å². The van der Waals surface area contributed by atoms with E-state index < -0.39 is 0 Å². The maximum absolute atomic E-state index is 5.84. The van der Waals surface area contributed by atoms with E-state index in [0.29, 0.717) is 26.4 Å². The number of benzene rings is 1. The number of anilines is 2. The van der Waals surface area contributed by atoms with Crippen molar-refractivity contribution in [2.75, 3.05) is 37.2 Å². The highest BCUT2D eigenvalue weighted by Crippen LogP contribution is 2.37. The topological polar surface area (TPSA) is 98.4 Å². The normalized spacial score (nSPS) is 12.2. The molecule has 0 radical (unpaired) electrons. The fourth-order valence-corrected chi connectivity index (χ4v) is 2.23. The summed E-state index contributed by atoms with van der Waals surface area (Å²) < 4.78 is 13.1. The van der Waals surface area contributed by atoms with Crippen LogP contribution in [-0.2, 0) is 4.74 Å². The van der Waals surface area contributed by atoms with Crippen LogP contribution >= 0.6 is 0 Å². The molecule has 0 fully saturated rings. The van der Waals surface area contributed by atoms with Crippen molar-refractivity contribution in [1.82, 2.24) is 15.1 Å². The maximum atomic E-state index is 5.84. The second-order valence-electron chi connectivity index (χ2n) is 5.04. The van der Waals surface area contributed by atoms with Crippen molar-refractivity contribution in [3.8, 4) is 11.4 Å². The van der Waals surface area contributed by atoms with Gasteiger partial charge in [0.05, 0.1) is 24.2 Å². The molecule has 0 atom stereocenters. The smallest absolute Gasteiger partial charge is 0.148 e. The Morgan fingerprint density at radius 1 is 1.17 bits per heavy atom. The van der Waals surface area contributed by atoms with Crippen molar-refractivity contribution < 1.29 is 9.47 Å². The van der Waals surface area contributed by atoms with Gasteiger partial charge in [0.25, 0.3) is 0 Å². The van der Waals surface area contributed by atoms with Crippen LogP contribution in [0.4, 0.5) is 11.4 Å². The standard InChI is InChI=1S/C15H20N6O2/c16-3-1-2-6-22-7-8-23-14-10-12(21-5-4-17-11-21)9-13-15(14)19-20-18-13/h9-11,18-20H,1-3,6-8,16H2. The molecule has 0 saturated heterocycles. The molecule has 0 aliphatic carbocycles. The molecule has 8 heteroatoms. The number of unbranched alkanes of at least 4 members (excludes halogenated alkanes) is 1. The molecule has 1 aliphatic rings. The number of fused-ring (bicyclic) bond motifs is 1. The Morgan fingerprint density at radius 2 is 2.13 bits per heavy atom. The van der Waals surface area contributed by atoms with Gasteiger partial charge in [-0.05, 0) is 25.5 Å².